The molecule has 1 aromatic rings. The fourth-order valence-corrected chi connectivity index (χ4v) is 1.74. The van der Waals surface area contributed by atoms with Gasteiger partial charge in [0, 0.05) is 18.9 Å². The Hall–Kier alpha value is -2.15. The molecule has 0 spiro atoms. The molecule has 1 unspecified atom stereocenters. The third kappa shape index (κ3) is 4.51. The van der Waals surface area contributed by atoms with Crippen LogP contribution in [0.1, 0.15) is 35.8 Å². The number of nitrogens with zero attached hydrogens (tertiary/aromatic N) is 2. The monoisotopic (exact) mass is 280 g/mol. The van der Waals surface area contributed by atoms with Gasteiger partial charge >= 0.3 is 0 Å². The summed E-state index contributed by atoms with van der Waals surface area (Å²) in [5, 5.41) is 14.3. The van der Waals surface area contributed by atoms with E-state index in [2.05, 4.69) is 15.5 Å². The molecule has 20 heavy (non-hydrogen) atoms. The van der Waals surface area contributed by atoms with Gasteiger partial charge in [0.1, 0.15) is 5.69 Å². The fourth-order valence-electron chi connectivity index (χ4n) is 1.74. The van der Waals surface area contributed by atoms with Crippen LogP contribution in [0.25, 0.3) is 0 Å². The summed E-state index contributed by atoms with van der Waals surface area (Å²) in [5.41, 5.74) is 6.15. The highest BCUT2D eigenvalue weighted by atomic mass is 16.5. The van der Waals surface area contributed by atoms with Crippen molar-refractivity contribution >= 4 is 11.7 Å². The average Bonchev–Trinajstić information content (AvgIpc) is 2.47. The van der Waals surface area contributed by atoms with Gasteiger partial charge in [0.2, 0.25) is 0 Å². The van der Waals surface area contributed by atoms with E-state index in [1.165, 1.54) is 12.3 Å². The topological polar surface area (TPSA) is 110 Å². The Morgan fingerprint density at radius 3 is 2.85 bits per heavy atom. The first kappa shape index (κ1) is 15.9. The van der Waals surface area contributed by atoms with Crippen LogP contribution in [-0.2, 0) is 4.74 Å². The van der Waals surface area contributed by atoms with E-state index in [-0.39, 0.29) is 23.5 Å². The quantitative estimate of drug-likeness (QED) is 0.295. The molecule has 0 aliphatic heterocycles. The fraction of sp³-hybridized carbons (Fsp3) is 0.462. The van der Waals surface area contributed by atoms with Gasteiger partial charge in [-0.1, -0.05) is 18.5 Å². The molecule has 110 valence electrons. The summed E-state index contributed by atoms with van der Waals surface area (Å²) in [7, 11) is 1.60. The average molecular weight is 280 g/mol. The zero-order valence-corrected chi connectivity index (χ0v) is 11.7. The van der Waals surface area contributed by atoms with E-state index in [0.717, 1.165) is 12.8 Å². The lowest BCUT2D eigenvalue weighted by atomic mass is 10.1. The number of hydrogen-bond acceptors (Lipinski definition) is 5. The molecule has 1 aromatic heterocycles. The Morgan fingerprint density at radius 2 is 2.35 bits per heavy atom. The van der Waals surface area contributed by atoms with Crippen molar-refractivity contribution in [3.05, 3.63) is 29.6 Å². The predicted molar refractivity (Wildman–Crippen MR) is 74.8 cm³/mol. The van der Waals surface area contributed by atoms with Crippen molar-refractivity contribution in [2.24, 2.45) is 10.9 Å². The molecular formula is C13H20N4O3. The first-order valence-electron chi connectivity index (χ1n) is 6.36. The second-order valence-corrected chi connectivity index (χ2v) is 4.33. The van der Waals surface area contributed by atoms with Gasteiger partial charge in [-0.05, 0) is 18.6 Å². The molecule has 0 bridgehead atoms. The number of rotatable bonds is 7. The number of hydrogen-bond donors (Lipinski definition) is 3. The van der Waals surface area contributed by atoms with Crippen LogP contribution in [0.4, 0.5) is 0 Å². The summed E-state index contributed by atoms with van der Waals surface area (Å²) in [6, 6.07) is 3.06. The van der Waals surface area contributed by atoms with Gasteiger partial charge in [0.15, 0.2) is 5.84 Å². The third-order valence-electron chi connectivity index (χ3n) is 2.74. The minimum atomic E-state index is -0.272. The van der Waals surface area contributed by atoms with Crippen LogP contribution < -0.4 is 11.1 Å². The van der Waals surface area contributed by atoms with E-state index >= 15 is 0 Å². The van der Waals surface area contributed by atoms with Crippen LogP contribution in [0.15, 0.2) is 23.5 Å². The number of carbonyl (C=O) groups is 1. The molecule has 0 fully saturated rings. The Labute approximate surface area is 117 Å². The molecule has 4 N–H and O–H groups in total. The highest BCUT2D eigenvalue weighted by molar-refractivity contribution is 5.98. The number of nitrogens with one attached hydrogen (secondary N) is 1. The van der Waals surface area contributed by atoms with Crippen LogP contribution >= 0.6 is 0 Å². The van der Waals surface area contributed by atoms with Gasteiger partial charge in [-0.15, -0.1) is 0 Å². The lowest BCUT2D eigenvalue weighted by Gasteiger charge is -2.16. The Kier molecular flexibility index (Phi) is 6.45. The second kappa shape index (κ2) is 8.11. The number of pyridine rings is 1. The standard InChI is InChI=1S/C13H20N4O3/c1-3-4-10(8-20-2)16-13(18)11-6-5-9(7-15-11)12(14)17-19/h5-7,10,19H,3-4,8H2,1-2H3,(H2,14,17)(H,16,18). The molecule has 0 aromatic carbocycles. The summed E-state index contributed by atoms with van der Waals surface area (Å²) >= 11 is 0. The van der Waals surface area contributed by atoms with Crippen LogP contribution in [0.3, 0.4) is 0 Å². The van der Waals surface area contributed by atoms with Gasteiger partial charge < -0.3 is 21.0 Å². The van der Waals surface area contributed by atoms with Crippen LogP contribution in [0.2, 0.25) is 0 Å². The lowest BCUT2D eigenvalue weighted by molar-refractivity contribution is 0.0886. The second-order valence-electron chi connectivity index (χ2n) is 4.33. The van der Waals surface area contributed by atoms with Gasteiger partial charge in [0.05, 0.1) is 12.6 Å². The number of methoxy groups -OCH3 is 1. The highest BCUT2D eigenvalue weighted by Gasteiger charge is 2.14. The molecule has 7 heteroatoms. The molecule has 7 nitrogen and oxygen atoms in total. The first-order chi connectivity index (χ1) is 9.62. The normalized spacial score (nSPS) is 13.0. The van der Waals surface area contributed by atoms with E-state index < -0.39 is 0 Å². The van der Waals surface area contributed by atoms with Gasteiger partial charge in [0.25, 0.3) is 5.91 Å². The maximum atomic E-state index is 12.0. The minimum Gasteiger partial charge on any atom is -0.409 e. The van der Waals surface area contributed by atoms with E-state index in [1.54, 1.807) is 13.2 Å². The van der Waals surface area contributed by atoms with Crippen LogP contribution in [-0.4, -0.2) is 41.7 Å². The number of amides is 1. The Morgan fingerprint density at radius 1 is 1.60 bits per heavy atom. The molecule has 1 rings (SSSR count). The molecule has 0 aliphatic rings. The van der Waals surface area contributed by atoms with E-state index in [9.17, 15) is 4.79 Å². The van der Waals surface area contributed by atoms with Crippen molar-refractivity contribution in [2.75, 3.05) is 13.7 Å². The van der Waals surface area contributed by atoms with Gasteiger partial charge in [-0.3, -0.25) is 9.78 Å². The van der Waals surface area contributed by atoms with Gasteiger partial charge in [-0.25, -0.2) is 0 Å². The van der Waals surface area contributed by atoms with Crippen LogP contribution in [0, 0.1) is 0 Å². The Bertz CT molecular complexity index is 453. The molecule has 0 aliphatic carbocycles. The van der Waals surface area contributed by atoms with Gasteiger partial charge in [-0.2, -0.15) is 0 Å². The molecule has 1 amide bonds. The van der Waals surface area contributed by atoms with E-state index in [1.807, 2.05) is 6.92 Å². The number of nitrogens with two attached hydrogens (primary N) is 1. The van der Waals surface area contributed by atoms with Crippen molar-refractivity contribution in [1.29, 1.82) is 0 Å². The summed E-state index contributed by atoms with van der Waals surface area (Å²) < 4.78 is 5.06. The Balaban J connectivity index is 2.71. The molecule has 0 radical (unpaired) electrons. The zero-order valence-electron chi connectivity index (χ0n) is 11.7. The number of aromatic nitrogens is 1. The molecule has 1 heterocycles. The van der Waals surface area contributed by atoms with Crippen molar-refractivity contribution in [2.45, 2.75) is 25.8 Å². The minimum absolute atomic E-state index is 0.0388. The van der Waals surface area contributed by atoms with E-state index in [4.69, 9.17) is 15.7 Å². The largest absolute Gasteiger partial charge is 0.409 e. The van der Waals surface area contributed by atoms with E-state index in [0.29, 0.717) is 12.2 Å². The van der Waals surface area contributed by atoms with Crippen LogP contribution in [0.5, 0.6) is 0 Å². The number of amidine groups is 1. The smallest absolute Gasteiger partial charge is 0.270 e. The number of carbonyl (C=O) groups excluding carboxylic acids is 1. The highest BCUT2D eigenvalue weighted by Crippen LogP contribution is 2.03. The summed E-state index contributed by atoms with van der Waals surface area (Å²) in [5.74, 6) is -0.320. The summed E-state index contributed by atoms with van der Waals surface area (Å²) in [6.45, 7) is 2.50. The predicted octanol–water partition coefficient (Wildman–Crippen LogP) is 0.721. The molecule has 0 saturated heterocycles. The zero-order chi connectivity index (χ0) is 15.0. The number of oxime groups is 1. The van der Waals surface area contributed by atoms with Crippen molar-refractivity contribution in [3.63, 3.8) is 0 Å². The molecular weight excluding hydrogens is 260 g/mol. The maximum Gasteiger partial charge on any atom is 0.270 e. The molecule has 1 atom stereocenters. The lowest BCUT2D eigenvalue weighted by Crippen LogP contribution is -2.38. The summed E-state index contributed by atoms with van der Waals surface area (Å²) in [6.07, 6.45) is 3.17. The van der Waals surface area contributed by atoms with Crippen molar-refractivity contribution < 1.29 is 14.7 Å². The number of ether oxygens (including phenoxy) is 1. The first-order valence-corrected chi connectivity index (χ1v) is 6.36. The SMILES string of the molecule is CCCC(COC)NC(=O)c1ccc(C(N)=NO)cn1. The maximum absolute atomic E-state index is 12.0. The molecule has 0 saturated carbocycles. The van der Waals surface area contributed by atoms with Crippen molar-refractivity contribution in [1.82, 2.24) is 10.3 Å². The van der Waals surface area contributed by atoms with Crippen molar-refractivity contribution in [3.8, 4) is 0 Å². The third-order valence-corrected chi connectivity index (χ3v) is 2.74. The summed E-state index contributed by atoms with van der Waals surface area (Å²) in [4.78, 5) is 16.0.